The molecule has 38 heavy (non-hydrogen) atoms. The van der Waals surface area contributed by atoms with Crippen LogP contribution in [0.4, 0.5) is 16.2 Å². The minimum atomic E-state index is -0.850. The van der Waals surface area contributed by atoms with Gasteiger partial charge in [-0.2, -0.15) is 0 Å². The van der Waals surface area contributed by atoms with E-state index in [1.807, 2.05) is 0 Å². The molecular weight excluding hydrogens is 533 g/mol. The van der Waals surface area contributed by atoms with Gasteiger partial charge in [0.15, 0.2) is 18.1 Å². The van der Waals surface area contributed by atoms with E-state index in [-0.39, 0.29) is 35.3 Å². The molecule has 0 spiro atoms. The van der Waals surface area contributed by atoms with Gasteiger partial charge in [0.05, 0.1) is 17.3 Å². The highest BCUT2D eigenvalue weighted by molar-refractivity contribution is 6.39. The topological polar surface area (TPSA) is 114 Å². The normalized spacial score (nSPS) is 14.3. The second kappa shape index (κ2) is 11.8. The first-order chi connectivity index (χ1) is 18.3. The van der Waals surface area contributed by atoms with Crippen LogP contribution >= 0.6 is 23.2 Å². The van der Waals surface area contributed by atoms with Crippen molar-refractivity contribution in [2.45, 2.75) is 6.92 Å². The van der Waals surface area contributed by atoms with Crippen molar-refractivity contribution >= 4 is 64.4 Å². The van der Waals surface area contributed by atoms with Crippen LogP contribution in [0.5, 0.6) is 11.5 Å². The molecule has 3 aromatic rings. The third-order valence-corrected chi connectivity index (χ3v) is 5.77. The van der Waals surface area contributed by atoms with Crippen LogP contribution in [0.2, 0.25) is 10.0 Å². The number of carbonyl (C=O) groups excluding carboxylic acids is 4. The number of anilines is 2. The smallest absolute Gasteiger partial charge is 0.335 e. The average Bonchev–Trinajstić information content (AvgIpc) is 2.88. The van der Waals surface area contributed by atoms with Gasteiger partial charge in [0.2, 0.25) is 0 Å². The zero-order valence-corrected chi connectivity index (χ0v) is 21.5. The molecule has 3 aromatic carbocycles. The number of hydrogen-bond donors (Lipinski definition) is 2. The molecule has 194 valence electrons. The number of halogens is 2. The van der Waals surface area contributed by atoms with E-state index in [0.29, 0.717) is 22.0 Å². The van der Waals surface area contributed by atoms with Crippen molar-refractivity contribution in [3.63, 3.8) is 0 Å². The first-order valence-electron chi connectivity index (χ1n) is 11.4. The molecule has 9 nitrogen and oxygen atoms in total. The van der Waals surface area contributed by atoms with Crippen LogP contribution in [-0.4, -0.2) is 37.0 Å². The van der Waals surface area contributed by atoms with Crippen molar-refractivity contribution in [3.05, 3.63) is 87.9 Å². The summed E-state index contributed by atoms with van der Waals surface area (Å²) in [6.07, 6.45) is 1.30. The Morgan fingerprint density at radius 3 is 2.39 bits per heavy atom. The molecule has 0 bridgehead atoms. The van der Waals surface area contributed by atoms with E-state index < -0.39 is 23.8 Å². The largest absolute Gasteiger partial charge is 0.490 e. The Morgan fingerprint density at radius 1 is 1.00 bits per heavy atom. The van der Waals surface area contributed by atoms with Crippen molar-refractivity contribution in [3.8, 4) is 11.5 Å². The number of barbiturate groups is 1. The molecule has 1 aliphatic rings. The van der Waals surface area contributed by atoms with Gasteiger partial charge in [-0.15, -0.1) is 0 Å². The SMILES string of the molecule is CCOc1cc(/C=C2\C(=O)NC(=O)N(c3ccccc3)C2=O)cc(Cl)c1OCC(=O)Nc1ccc(Cl)cc1. The minimum absolute atomic E-state index is 0.0850. The predicted octanol–water partition coefficient (Wildman–Crippen LogP) is 5.08. The van der Waals surface area contributed by atoms with E-state index in [9.17, 15) is 19.2 Å². The lowest BCUT2D eigenvalue weighted by atomic mass is 10.1. The van der Waals surface area contributed by atoms with Crippen molar-refractivity contribution in [2.24, 2.45) is 0 Å². The Labute approximate surface area is 227 Å². The maximum Gasteiger partial charge on any atom is 0.335 e. The summed E-state index contributed by atoms with van der Waals surface area (Å²) in [5.41, 5.74) is 0.918. The Bertz CT molecular complexity index is 1420. The molecule has 0 radical (unpaired) electrons. The quantitative estimate of drug-likeness (QED) is 0.297. The lowest BCUT2D eigenvalue weighted by molar-refractivity contribution is -0.122. The highest BCUT2D eigenvalue weighted by Crippen LogP contribution is 2.37. The van der Waals surface area contributed by atoms with Gasteiger partial charge in [-0.3, -0.25) is 19.7 Å². The van der Waals surface area contributed by atoms with E-state index in [1.54, 1.807) is 61.5 Å². The maximum absolute atomic E-state index is 13.1. The third-order valence-electron chi connectivity index (χ3n) is 5.23. The molecular formula is C27H21Cl2N3O6. The van der Waals surface area contributed by atoms with Crippen molar-refractivity contribution in [1.29, 1.82) is 0 Å². The van der Waals surface area contributed by atoms with E-state index in [2.05, 4.69) is 10.6 Å². The van der Waals surface area contributed by atoms with E-state index in [1.165, 1.54) is 18.2 Å². The number of urea groups is 1. The van der Waals surface area contributed by atoms with Crippen LogP contribution in [0.1, 0.15) is 12.5 Å². The fourth-order valence-corrected chi connectivity index (χ4v) is 3.98. The summed E-state index contributed by atoms with van der Waals surface area (Å²) in [6, 6.07) is 16.9. The second-order valence-electron chi connectivity index (χ2n) is 7.90. The number of hydrogen-bond acceptors (Lipinski definition) is 6. The molecule has 2 N–H and O–H groups in total. The van der Waals surface area contributed by atoms with Gasteiger partial charge >= 0.3 is 6.03 Å². The van der Waals surface area contributed by atoms with Gasteiger partial charge in [0, 0.05) is 10.7 Å². The van der Waals surface area contributed by atoms with Gasteiger partial charge in [-0.1, -0.05) is 41.4 Å². The first kappa shape index (κ1) is 26.7. The summed E-state index contributed by atoms with van der Waals surface area (Å²) in [6.45, 7) is 1.63. The molecule has 11 heteroatoms. The molecule has 0 saturated carbocycles. The van der Waals surface area contributed by atoms with Crippen LogP contribution < -0.4 is 25.0 Å². The summed E-state index contributed by atoms with van der Waals surface area (Å²) in [7, 11) is 0. The number of nitrogens with zero attached hydrogens (tertiary/aromatic N) is 1. The molecule has 1 fully saturated rings. The standard InChI is InChI=1S/C27H21Cl2N3O6/c1-2-37-22-14-16(12-20-25(34)31-27(36)32(26(20)35)19-6-4-3-5-7-19)13-21(29)24(22)38-15-23(33)30-18-10-8-17(28)9-11-18/h3-14H,2,15H2,1H3,(H,30,33)(H,31,34,36)/b20-12+. The number of rotatable bonds is 8. The number of benzene rings is 3. The minimum Gasteiger partial charge on any atom is -0.490 e. The summed E-state index contributed by atoms with van der Waals surface area (Å²) in [4.78, 5) is 51.2. The zero-order chi connectivity index (χ0) is 27.2. The summed E-state index contributed by atoms with van der Waals surface area (Å²) in [5, 5.41) is 5.47. The third kappa shape index (κ3) is 6.13. The van der Waals surface area contributed by atoms with Crippen molar-refractivity contribution in [1.82, 2.24) is 5.32 Å². The Hall–Kier alpha value is -4.34. The lowest BCUT2D eigenvalue weighted by Gasteiger charge is -2.26. The van der Waals surface area contributed by atoms with Crippen LogP contribution in [0.15, 0.2) is 72.3 Å². The van der Waals surface area contributed by atoms with E-state index in [4.69, 9.17) is 32.7 Å². The second-order valence-corrected chi connectivity index (χ2v) is 8.74. The van der Waals surface area contributed by atoms with Crippen LogP contribution in [0, 0.1) is 0 Å². The number of amides is 5. The molecule has 1 aliphatic heterocycles. The summed E-state index contributed by atoms with van der Waals surface area (Å²) < 4.78 is 11.3. The average molecular weight is 554 g/mol. The molecule has 0 atom stereocenters. The van der Waals surface area contributed by atoms with Gasteiger partial charge in [0.1, 0.15) is 5.57 Å². The fourth-order valence-electron chi connectivity index (χ4n) is 3.58. The van der Waals surface area contributed by atoms with Crippen LogP contribution in [-0.2, 0) is 14.4 Å². The Morgan fingerprint density at radius 2 is 1.71 bits per heavy atom. The van der Waals surface area contributed by atoms with E-state index in [0.717, 1.165) is 4.90 Å². The Balaban J connectivity index is 1.57. The highest BCUT2D eigenvalue weighted by atomic mass is 35.5. The molecule has 0 aliphatic carbocycles. The maximum atomic E-state index is 13.1. The van der Waals surface area contributed by atoms with Gasteiger partial charge < -0.3 is 14.8 Å². The lowest BCUT2D eigenvalue weighted by Crippen LogP contribution is -2.54. The van der Waals surface area contributed by atoms with Crippen LogP contribution in [0.25, 0.3) is 6.08 Å². The van der Waals surface area contributed by atoms with Crippen molar-refractivity contribution < 1.29 is 28.7 Å². The predicted molar refractivity (Wildman–Crippen MR) is 144 cm³/mol. The number of nitrogens with one attached hydrogen (secondary N) is 2. The molecule has 5 amide bonds. The fraction of sp³-hybridized carbons (Fsp3) is 0.111. The number of ether oxygens (including phenoxy) is 2. The molecule has 1 heterocycles. The number of para-hydroxylation sites is 1. The molecule has 0 aromatic heterocycles. The van der Waals surface area contributed by atoms with Gasteiger partial charge in [0.25, 0.3) is 17.7 Å². The van der Waals surface area contributed by atoms with E-state index >= 15 is 0 Å². The summed E-state index contributed by atoms with van der Waals surface area (Å²) >= 11 is 12.3. The van der Waals surface area contributed by atoms with Crippen LogP contribution in [0.3, 0.4) is 0 Å². The zero-order valence-electron chi connectivity index (χ0n) is 20.0. The monoisotopic (exact) mass is 553 g/mol. The molecule has 4 rings (SSSR count). The van der Waals surface area contributed by atoms with Crippen molar-refractivity contribution in [2.75, 3.05) is 23.4 Å². The highest BCUT2D eigenvalue weighted by Gasteiger charge is 2.36. The van der Waals surface area contributed by atoms with Gasteiger partial charge in [-0.05, 0) is 67.1 Å². The van der Waals surface area contributed by atoms with Gasteiger partial charge in [-0.25, -0.2) is 9.69 Å². The number of imide groups is 2. The molecule has 1 saturated heterocycles. The first-order valence-corrected chi connectivity index (χ1v) is 12.1. The Kier molecular flexibility index (Phi) is 8.30. The summed E-state index contributed by atoms with van der Waals surface area (Å²) in [5.74, 6) is -1.76. The molecule has 0 unspecified atom stereocenters. The number of carbonyl (C=O) groups is 4.